The van der Waals surface area contributed by atoms with Crippen LogP contribution in [0.2, 0.25) is 0 Å². The summed E-state index contributed by atoms with van der Waals surface area (Å²) < 4.78 is 0. The highest BCUT2D eigenvalue weighted by Gasteiger charge is 2.27. The van der Waals surface area contributed by atoms with E-state index in [4.69, 9.17) is 0 Å². The molecule has 1 saturated heterocycles. The third kappa shape index (κ3) is 6.15. The number of rotatable bonds is 8. The number of nitro benzene ring substituents is 1. The molecule has 0 unspecified atom stereocenters. The number of aliphatic carboxylic acids is 1. The van der Waals surface area contributed by atoms with Crippen molar-refractivity contribution >= 4 is 29.4 Å². The number of hydrogen-bond acceptors (Lipinski definition) is 6. The number of nitrogens with one attached hydrogen (secondary N) is 1. The van der Waals surface area contributed by atoms with Gasteiger partial charge in [-0.25, -0.2) is 4.79 Å². The van der Waals surface area contributed by atoms with Crippen LogP contribution in [-0.4, -0.2) is 75.7 Å². The third-order valence-corrected chi connectivity index (χ3v) is 5.51. The molecule has 2 aromatic rings. The molecule has 3 rings (SSSR count). The largest absolute Gasteiger partial charge is 0.480 e. The summed E-state index contributed by atoms with van der Waals surface area (Å²) in [6.45, 7) is 1.02. The van der Waals surface area contributed by atoms with Crippen molar-refractivity contribution in [3.63, 3.8) is 0 Å². The average molecular weight is 468 g/mol. The van der Waals surface area contributed by atoms with E-state index in [-0.39, 0.29) is 62.1 Å². The van der Waals surface area contributed by atoms with Crippen LogP contribution in [0.3, 0.4) is 0 Å². The van der Waals surface area contributed by atoms with Crippen molar-refractivity contribution in [1.82, 2.24) is 15.1 Å². The van der Waals surface area contributed by atoms with E-state index in [1.165, 1.54) is 34.1 Å². The van der Waals surface area contributed by atoms with Crippen LogP contribution in [0.4, 0.5) is 5.69 Å². The SMILES string of the molecule is O=C(N[C@@H](CCC(=O)N1CCN(C(=O)c2cccc([N+](=O)[O-])c2)CC1)C(=O)O)c1ccccc1. The van der Waals surface area contributed by atoms with Gasteiger partial charge in [-0.1, -0.05) is 24.3 Å². The average Bonchev–Trinajstić information content (AvgIpc) is 2.86. The maximum absolute atomic E-state index is 12.7. The summed E-state index contributed by atoms with van der Waals surface area (Å²) in [6.07, 6.45) is -0.148. The molecule has 11 nitrogen and oxygen atoms in total. The Morgan fingerprint density at radius 2 is 1.56 bits per heavy atom. The van der Waals surface area contributed by atoms with E-state index in [9.17, 15) is 34.4 Å². The molecule has 178 valence electrons. The Labute approximate surface area is 195 Å². The van der Waals surface area contributed by atoms with Gasteiger partial charge < -0.3 is 20.2 Å². The van der Waals surface area contributed by atoms with Crippen LogP contribution < -0.4 is 5.32 Å². The van der Waals surface area contributed by atoms with Crippen LogP contribution in [-0.2, 0) is 9.59 Å². The molecule has 0 aromatic heterocycles. The summed E-state index contributed by atoms with van der Waals surface area (Å²) in [5.41, 5.74) is 0.351. The van der Waals surface area contributed by atoms with Gasteiger partial charge in [0.05, 0.1) is 4.92 Å². The van der Waals surface area contributed by atoms with Gasteiger partial charge in [0.2, 0.25) is 5.91 Å². The van der Waals surface area contributed by atoms with Gasteiger partial charge in [-0.15, -0.1) is 0 Å². The van der Waals surface area contributed by atoms with Crippen molar-refractivity contribution in [2.24, 2.45) is 0 Å². The molecule has 1 atom stereocenters. The summed E-state index contributed by atoms with van der Waals surface area (Å²) >= 11 is 0. The predicted molar refractivity (Wildman–Crippen MR) is 120 cm³/mol. The van der Waals surface area contributed by atoms with Gasteiger partial charge in [0.1, 0.15) is 6.04 Å². The predicted octanol–water partition coefficient (Wildman–Crippen LogP) is 1.54. The van der Waals surface area contributed by atoms with Crippen molar-refractivity contribution in [3.05, 3.63) is 75.8 Å². The lowest BCUT2D eigenvalue weighted by atomic mass is 10.1. The highest BCUT2D eigenvalue weighted by molar-refractivity contribution is 5.97. The standard InChI is InChI=1S/C23H24N4O7/c28-20(10-9-19(23(31)32)24-21(29)16-5-2-1-3-6-16)25-11-13-26(14-12-25)22(30)17-7-4-8-18(15-17)27(33)34/h1-8,15,19H,9-14H2,(H,24,29)(H,31,32)/t19-/m0/s1. The molecule has 2 N–H and O–H groups in total. The van der Waals surface area contributed by atoms with Crippen LogP contribution in [0.5, 0.6) is 0 Å². The molecule has 0 radical (unpaired) electrons. The number of carboxylic acids is 1. The van der Waals surface area contributed by atoms with Crippen LogP contribution in [0.15, 0.2) is 54.6 Å². The van der Waals surface area contributed by atoms with Crippen molar-refractivity contribution in [1.29, 1.82) is 0 Å². The Balaban J connectivity index is 1.50. The van der Waals surface area contributed by atoms with Crippen molar-refractivity contribution in [3.8, 4) is 0 Å². The number of hydrogen-bond donors (Lipinski definition) is 2. The zero-order chi connectivity index (χ0) is 24.7. The van der Waals surface area contributed by atoms with E-state index in [0.29, 0.717) is 5.56 Å². The van der Waals surface area contributed by atoms with Crippen molar-refractivity contribution < 1.29 is 29.2 Å². The first-order valence-corrected chi connectivity index (χ1v) is 10.7. The maximum Gasteiger partial charge on any atom is 0.326 e. The fourth-order valence-electron chi connectivity index (χ4n) is 3.61. The lowest BCUT2D eigenvalue weighted by Gasteiger charge is -2.35. The van der Waals surface area contributed by atoms with E-state index < -0.39 is 22.8 Å². The maximum atomic E-state index is 12.7. The second kappa shape index (κ2) is 11.0. The van der Waals surface area contributed by atoms with E-state index in [1.807, 2.05) is 0 Å². The Morgan fingerprint density at radius 3 is 2.18 bits per heavy atom. The molecule has 0 aliphatic carbocycles. The Bertz CT molecular complexity index is 1080. The van der Waals surface area contributed by atoms with Crippen molar-refractivity contribution in [2.45, 2.75) is 18.9 Å². The molecule has 0 saturated carbocycles. The number of benzene rings is 2. The molecule has 1 fully saturated rings. The number of carbonyl (C=O) groups is 4. The first-order chi connectivity index (χ1) is 16.3. The van der Waals surface area contributed by atoms with E-state index in [1.54, 1.807) is 30.3 Å². The van der Waals surface area contributed by atoms with Gasteiger partial charge in [-0.2, -0.15) is 0 Å². The number of amides is 3. The Kier molecular flexibility index (Phi) is 7.91. The third-order valence-electron chi connectivity index (χ3n) is 5.51. The number of nitrogens with zero attached hydrogens (tertiary/aromatic N) is 3. The first-order valence-electron chi connectivity index (χ1n) is 10.7. The molecular weight excluding hydrogens is 444 g/mol. The topological polar surface area (TPSA) is 150 Å². The van der Waals surface area contributed by atoms with Gasteiger partial charge >= 0.3 is 5.97 Å². The zero-order valence-electron chi connectivity index (χ0n) is 18.3. The van der Waals surface area contributed by atoms with E-state index in [2.05, 4.69) is 5.32 Å². The molecule has 1 aliphatic rings. The van der Waals surface area contributed by atoms with Gasteiger partial charge in [0.15, 0.2) is 0 Å². The molecular formula is C23H24N4O7. The Morgan fingerprint density at radius 1 is 0.941 bits per heavy atom. The van der Waals surface area contributed by atoms with Gasteiger partial charge in [-0.3, -0.25) is 24.5 Å². The monoisotopic (exact) mass is 468 g/mol. The van der Waals surface area contributed by atoms with Crippen molar-refractivity contribution in [2.75, 3.05) is 26.2 Å². The molecule has 1 heterocycles. The van der Waals surface area contributed by atoms with Crippen LogP contribution in [0.1, 0.15) is 33.6 Å². The van der Waals surface area contributed by atoms with Gasteiger partial charge in [0.25, 0.3) is 17.5 Å². The van der Waals surface area contributed by atoms with Gasteiger partial charge in [0, 0.05) is 55.9 Å². The lowest BCUT2D eigenvalue weighted by molar-refractivity contribution is -0.384. The second-order valence-corrected chi connectivity index (χ2v) is 7.75. The highest BCUT2D eigenvalue weighted by atomic mass is 16.6. The molecule has 1 aliphatic heterocycles. The number of nitro groups is 1. The van der Waals surface area contributed by atoms with Gasteiger partial charge in [-0.05, 0) is 24.6 Å². The van der Waals surface area contributed by atoms with Crippen LogP contribution >= 0.6 is 0 Å². The summed E-state index contributed by atoms with van der Waals surface area (Å²) in [7, 11) is 0. The molecule has 3 amide bonds. The number of carboxylic acid groups (broad SMARTS) is 1. The summed E-state index contributed by atoms with van der Waals surface area (Å²) in [6, 6.07) is 12.4. The fraction of sp³-hybridized carbons (Fsp3) is 0.304. The summed E-state index contributed by atoms with van der Waals surface area (Å²) in [5.74, 6) is -2.40. The zero-order valence-corrected chi connectivity index (χ0v) is 18.3. The number of non-ortho nitro benzene ring substituents is 1. The first kappa shape index (κ1) is 24.4. The summed E-state index contributed by atoms with van der Waals surface area (Å²) in [4.78, 5) is 62.4. The second-order valence-electron chi connectivity index (χ2n) is 7.75. The van der Waals surface area contributed by atoms with Crippen LogP contribution in [0.25, 0.3) is 0 Å². The number of carbonyl (C=O) groups excluding carboxylic acids is 3. The minimum Gasteiger partial charge on any atom is -0.480 e. The fourth-order valence-corrected chi connectivity index (χ4v) is 3.61. The summed E-state index contributed by atoms with van der Waals surface area (Å²) in [5, 5.41) is 22.8. The molecule has 11 heteroatoms. The van der Waals surface area contributed by atoms with E-state index >= 15 is 0 Å². The normalized spacial score (nSPS) is 14.2. The molecule has 0 bridgehead atoms. The molecule has 34 heavy (non-hydrogen) atoms. The smallest absolute Gasteiger partial charge is 0.326 e. The number of piperazine rings is 1. The van der Waals surface area contributed by atoms with E-state index in [0.717, 1.165) is 0 Å². The highest BCUT2D eigenvalue weighted by Crippen LogP contribution is 2.16. The quantitative estimate of drug-likeness (QED) is 0.441. The van der Waals surface area contributed by atoms with Crippen LogP contribution in [0, 0.1) is 10.1 Å². The lowest BCUT2D eigenvalue weighted by Crippen LogP contribution is -2.51. The molecule has 0 spiro atoms. The minimum absolute atomic E-state index is 0.0699. The Hall–Kier alpha value is -4.28. The molecule has 2 aromatic carbocycles. The minimum atomic E-state index is -1.23.